The molecule has 2 aromatic rings. The summed E-state index contributed by atoms with van der Waals surface area (Å²) in [5.41, 5.74) is 0. The Morgan fingerprint density at radius 2 is 2.05 bits per heavy atom. The van der Waals surface area contributed by atoms with E-state index in [1.54, 1.807) is 0 Å². The first kappa shape index (κ1) is 11.3. The van der Waals surface area contributed by atoms with Gasteiger partial charge in [0, 0.05) is 18.0 Å². The van der Waals surface area contributed by atoms with Gasteiger partial charge in [-0.05, 0) is 11.5 Å². The van der Waals surface area contributed by atoms with Crippen molar-refractivity contribution in [2.75, 3.05) is 13.2 Å². The van der Waals surface area contributed by atoms with E-state index >= 15 is 0 Å². The van der Waals surface area contributed by atoms with E-state index in [-0.39, 0.29) is 12.6 Å². The van der Waals surface area contributed by atoms with Crippen LogP contribution in [0, 0.1) is 0 Å². The van der Waals surface area contributed by atoms with Crippen molar-refractivity contribution >= 4 is 10.8 Å². The average molecular weight is 261 g/mol. The second-order valence-corrected chi connectivity index (χ2v) is 4.87. The molecule has 0 saturated carbocycles. The van der Waals surface area contributed by atoms with Gasteiger partial charge in [-0.25, -0.2) is 0 Å². The number of rotatable bonds is 7. The Labute approximate surface area is 117 Å². The van der Waals surface area contributed by atoms with Crippen molar-refractivity contribution < 1.29 is 11.3 Å². The van der Waals surface area contributed by atoms with Crippen LogP contribution in [0.2, 0.25) is 1.41 Å². The Balaban J connectivity index is 2.03. The summed E-state index contributed by atoms with van der Waals surface area (Å²) in [5.74, 6) is 0.774. The molecule has 0 radical (unpaired) electrons. The van der Waals surface area contributed by atoms with Crippen molar-refractivity contribution in [3.05, 3.63) is 42.5 Å². The molecule has 3 heteroatoms. The molecule has 0 aliphatic heterocycles. The lowest BCUT2D eigenvalue weighted by Crippen LogP contribution is -2.35. The fraction of sp³-hybridized carbons (Fsp3) is 0.375. The summed E-state index contributed by atoms with van der Waals surface area (Å²) in [5, 5.41) is 8.21. The molecule has 102 valence electrons. The van der Waals surface area contributed by atoms with Crippen LogP contribution >= 0.6 is 0 Å². The number of aliphatic hydroxyl groups is 1. The molecule has 0 aliphatic rings. The highest BCUT2D eigenvalue weighted by atomic mass is 16.5. The molecule has 0 heterocycles. The van der Waals surface area contributed by atoms with Crippen LogP contribution in [0.3, 0.4) is 0 Å². The molecule has 0 aromatic heterocycles. The summed E-state index contributed by atoms with van der Waals surface area (Å²) in [6.45, 7) is 4.45. The van der Waals surface area contributed by atoms with Crippen LogP contribution in [0.1, 0.15) is 13.8 Å². The van der Waals surface area contributed by atoms with Crippen molar-refractivity contribution in [2.24, 2.45) is 0 Å². The Morgan fingerprint density at radius 1 is 1.26 bits per heavy atom. The Morgan fingerprint density at radius 3 is 2.84 bits per heavy atom. The Kier molecular flexibility index (Phi) is 3.88. The molecule has 0 spiro atoms. The van der Waals surface area contributed by atoms with Gasteiger partial charge in [0.25, 0.3) is 0 Å². The van der Waals surface area contributed by atoms with Crippen LogP contribution in [-0.4, -0.2) is 31.8 Å². The molecule has 0 amide bonds. The fourth-order valence-electron chi connectivity index (χ4n) is 1.89. The molecule has 1 unspecified atom stereocenters. The van der Waals surface area contributed by atoms with Crippen molar-refractivity contribution in [2.45, 2.75) is 26.0 Å². The quantitative estimate of drug-likeness (QED) is 0.805. The number of benzene rings is 2. The molecule has 2 rings (SSSR count). The maximum absolute atomic E-state index is 7.79. The molecule has 0 fully saturated rings. The lowest BCUT2D eigenvalue weighted by Gasteiger charge is -2.15. The molecule has 0 aliphatic carbocycles. The highest BCUT2D eigenvalue weighted by Crippen LogP contribution is 2.25. The SMILES string of the molecule is [2H]OC(COc1cccc2ccccc12)CN([2H])C(C)C. The predicted octanol–water partition coefficient (Wildman–Crippen LogP) is 2.58. The van der Waals surface area contributed by atoms with E-state index in [0.29, 0.717) is 6.54 Å². The molecule has 19 heavy (non-hydrogen) atoms. The zero-order valence-electron chi connectivity index (χ0n) is 13.4. The van der Waals surface area contributed by atoms with E-state index in [0.717, 1.165) is 16.5 Å². The van der Waals surface area contributed by atoms with Gasteiger partial charge in [0.15, 0.2) is 0 Å². The van der Waals surface area contributed by atoms with Crippen LogP contribution < -0.4 is 10.0 Å². The van der Waals surface area contributed by atoms with E-state index in [4.69, 9.17) is 7.58 Å². The zero-order chi connectivity index (χ0) is 15.2. The summed E-state index contributed by atoms with van der Waals surface area (Å²) < 4.78 is 20.7. The number of hydrogen-bond acceptors (Lipinski definition) is 3. The third-order valence-corrected chi connectivity index (χ3v) is 2.85. The zero-order valence-corrected chi connectivity index (χ0v) is 11.4. The molecule has 2 aromatic carbocycles. The highest BCUT2D eigenvalue weighted by molar-refractivity contribution is 5.88. The smallest absolute Gasteiger partial charge is 0.211 e. The maximum atomic E-state index is 7.79. The summed E-state index contributed by atoms with van der Waals surface area (Å²) in [6, 6.07) is 14.0. The molecule has 0 saturated heterocycles. The first-order chi connectivity index (χ1) is 10.1. The first-order valence-corrected chi connectivity index (χ1v) is 6.60. The van der Waals surface area contributed by atoms with E-state index < -0.39 is 6.10 Å². The van der Waals surface area contributed by atoms with E-state index in [1.165, 1.54) is 5.31 Å². The summed E-state index contributed by atoms with van der Waals surface area (Å²) >= 11 is 0. The van der Waals surface area contributed by atoms with Crippen molar-refractivity contribution in [3.8, 4) is 5.75 Å². The number of aliphatic hydroxyl groups excluding tert-OH is 1. The van der Waals surface area contributed by atoms with Gasteiger partial charge >= 0.3 is 0 Å². The lowest BCUT2D eigenvalue weighted by atomic mass is 10.1. The van der Waals surface area contributed by atoms with Gasteiger partial charge in [0.1, 0.15) is 19.9 Å². The van der Waals surface area contributed by atoms with Gasteiger partial charge < -0.3 is 15.2 Å². The second kappa shape index (κ2) is 6.55. The molecule has 1 atom stereocenters. The third-order valence-electron chi connectivity index (χ3n) is 2.85. The fourth-order valence-corrected chi connectivity index (χ4v) is 1.89. The molecule has 3 nitrogen and oxygen atoms in total. The van der Waals surface area contributed by atoms with E-state index in [1.807, 2.05) is 56.3 Å². The van der Waals surface area contributed by atoms with Gasteiger partial charge in [-0.2, -0.15) is 0 Å². The normalized spacial score (nSPS) is 14.5. The van der Waals surface area contributed by atoms with Crippen molar-refractivity contribution in [1.82, 2.24) is 5.31 Å². The first-order valence-electron chi connectivity index (χ1n) is 7.45. The van der Waals surface area contributed by atoms with Crippen molar-refractivity contribution in [1.29, 1.82) is 1.43 Å². The van der Waals surface area contributed by atoms with Crippen LogP contribution in [-0.2, 0) is 0 Å². The molecule has 2 N–H and O–H groups in total. The summed E-state index contributed by atoms with van der Waals surface area (Å²) in [6.07, 6.45) is -0.455. The molecular formula is C16H21NO2. The van der Waals surface area contributed by atoms with Gasteiger partial charge in [-0.1, -0.05) is 50.2 Å². The third kappa shape index (κ3) is 3.94. The Hall–Kier alpha value is -1.58. The number of fused-ring (bicyclic) bond motifs is 1. The predicted molar refractivity (Wildman–Crippen MR) is 78.6 cm³/mol. The minimum absolute atomic E-state index is 0.0835. The van der Waals surface area contributed by atoms with Gasteiger partial charge in [0.2, 0.25) is 1.43 Å². The second-order valence-electron chi connectivity index (χ2n) is 4.87. The Bertz CT molecular complexity index is 572. The van der Waals surface area contributed by atoms with E-state index in [9.17, 15) is 0 Å². The van der Waals surface area contributed by atoms with Crippen LogP contribution in [0.25, 0.3) is 10.8 Å². The number of nitrogens with one attached hydrogen (secondary N) is 1. The van der Waals surface area contributed by atoms with Gasteiger partial charge in [-0.15, -0.1) is 0 Å². The van der Waals surface area contributed by atoms with Gasteiger partial charge in [0.05, 0.1) is 0 Å². The monoisotopic (exact) mass is 261 g/mol. The molecular weight excluding hydrogens is 238 g/mol. The topological polar surface area (TPSA) is 41.5 Å². The van der Waals surface area contributed by atoms with E-state index in [2.05, 4.69) is 5.11 Å². The van der Waals surface area contributed by atoms with Crippen molar-refractivity contribution in [3.63, 3.8) is 0 Å². The van der Waals surface area contributed by atoms with Crippen LogP contribution in [0.5, 0.6) is 5.75 Å². The van der Waals surface area contributed by atoms with Crippen LogP contribution in [0.15, 0.2) is 42.5 Å². The minimum atomic E-state index is -0.455. The summed E-state index contributed by atoms with van der Waals surface area (Å²) in [4.78, 5) is 0. The highest BCUT2D eigenvalue weighted by Gasteiger charge is 2.07. The molecule has 0 bridgehead atoms. The van der Waals surface area contributed by atoms with Gasteiger partial charge in [-0.3, -0.25) is 0 Å². The standard InChI is InChI=1S/C16H21NO2/c1-12(2)17-10-14(18)11-19-16-9-5-7-13-6-3-4-8-15(13)16/h3-9,12,14,17-18H,10-11H2,1-2H3/i18D/hD. The maximum Gasteiger partial charge on any atom is 0.211 e. The summed E-state index contributed by atoms with van der Waals surface area (Å²) in [7, 11) is 0. The number of hydrogen-bond donors (Lipinski definition) is 2. The number of ether oxygens (including phenoxy) is 1. The average Bonchev–Trinajstić information content (AvgIpc) is 2.51. The largest absolute Gasteiger partial charge is 0.490 e. The van der Waals surface area contributed by atoms with Crippen LogP contribution in [0.4, 0.5) is 0 Å². The minimum Gasteiger partial charge on any atom is -0.490 e. The lowest BCUT2D eigenvalue weighted by molar-refractivity contribution is 0.105.